The summed E-state index contributed by atoms with van der Waals surface area (Å²) in [5.74, 6) is -2.28. The van der Waals surface area contributed by atoms with Crippen LogP contribution in [-0.4, -0.2) is 46.1 Å². The van der Waals surface area contributed by atoms with E-state index in [1.54, 1.807) is 45.9 Å². The van der Waals surface area contributed by atoms with Crippen molar-refractivity contribution in [2.45, 2.75) is 40.3 Å². The lowest BCUT2D eigenvalue weighted by atomic mass is 9.93. The fourth-order valence-corrected chi connectivity index (χ4v) is 6.05. The third-order valence-electron chi connectivity index (χ3n) is 7.20. The Kier molecular flexibility index (Phi) is 9.19. The number of carbonyl (C=O) groups is 3. The Morgan fingerprint density at radius 1 is 0.978 bits per heavy atom. The summed E-state index contributed by atoms with van der Waals surface area (Å²) in [6.07, 6.45) is 0. The predicted molar refractivity (Wildman–Crippen MR) is 169 cm³/mol. The van der Waals surface area contributed by atoms with Gasteiger partial charge in [0, 0.05) is 5.56 Å². The van der Waals surface area contributed by atoms with E-state index in [1.165, 1.54) is 18.2 Å². The molecule has 5 rings (SSSR count). The summed E-state index contributed by atoms with van der Waals surface area (Å²) in [5, 5.41) is 22.1. The van der Waals surface area contributed by atoms with E-state index in [-0.39, 0.29) is 40.3 Å². The Morgan fingerprint density at radius 2 is 1.73 bits per heavy atom. The predicted octanol–water partition coefficient (Wildman–Crippen LogP) is 6.25. The fraction of sp³-hybridized carbons (Fsp3) is 0.235. The maximum Gasteiger partial charge on any atom is 0.350 e. The van der Waals surface area contributed by atoms with E-state index in [2.05, 4.69) is 4.98 Å². The number of aryl methyl sites for hydroxylation is 2. The molecule has 45 heavy (non-hydrogen) atoms. The molecule has 4 aromatic rings. The van der Waals surface area contributed by atoms with E-state index >= 15 is 0 Å². The monoisotopic (exact) mass is 628 g/mol. The Bertz CT molecular complexity index is 1800. The van der Waals surface area contributed by atoms with Crippen LogP contribution in [0.5, 0.6) is 17.2 Å². The van der Waals surface area contributed by atoms with Crippen molar-refractivity contribution < 1.29 is 38.8 Å². The first kappa shape index (κ1) is 31.3. The van der Waals surface area contributed by atoms with E-state index in [1.807, 2.05) is 30.3 Å². The van der Waals surface area contributed by atoms with Crippen molar-refractivity contribution in [3.63, 3.8) is 0 Å². The molecule has 0 unspecified atom stereocenters. The second-order valence-electron chi connectivity index (χ2n) is 10.2. The van der Waals surface area contributed by atoms with E-state index < -0.39 is 29.5 Å². The molecule has 1 aromatic heterocycles. The van der Waals surface area contributed by atoms with Crippen LogP contribution in [0.4, 0.5) is 5.13 Å². The van der Waals surface area contributed by atoms with Crippen molar-refractivity contribution in [3.05, 3.63) is 105 Å². The number of phenols is 1. The number of aliphatic hydroxyl groups is 1. The first-order chi connectivity index (χ1) is 21.6. The second-order valence-corrected chi connectivity index (χ2v) is 11.2. The van der Waals surface area contributed by atoms with Crippen LogP contribution in [-0.2, 0) is 20.9 Å². The summed E-state index contributed by atoms with van der Waals surface area (Å²) < 4.78 is 16.6. The second kappa shape index (κ2) is 13.2. The fourth-order valence-electron chi connectivity index (χ4n) is 5.07. The maximum absolute atomic E-state index is 13.7. The SMILES string of the molecule is CCOC(=O)c1sc(N2C(=O)C(=O)/C(=C(/O)c3ccc(OCc4ccccc4)cc3C)[C@H]2c2ccc(O)c(OCC)c2)nc1C. The molecule has 3 aromatic carbocycles. The number of benzene rings is 3. The van der Waals surface area contributed by atoms with Gasteiger partial charge in [0.25, 0.3) is 5.78 Å². The number of aliphatic hydroxyl groups excluding tert-OH is 1. The molecule has 1 saturated heterocycles. The molecule has 2 N–H and O–H groups in total. The van der Waals surface area contributed by atoms with E-state index in [0.717, 1.165) is 21.8 Å². The molecule has 232 valence electrons. The van der Waals surface area contributed by atoms with Gasteiger partial charge in [0.1, 0.15) is 23.0 Å². The summed E-state index contributed by atoms with van der Waals surface area (Å²) in [6, 6.07) is 18.0. The van der Waals surface area contributed by atoms with E-state index in [9.17, 15) is 24.6 Å². The number of thiazole rings is 1. The molecule has 0 saturated carbocycles. The van der Waals surface area contributed by atoms with Crippen LogP contribution in [0.3, 0.4) is 0 Å². The zero-order chi connectivity index (χ0) is 32.2. The molecule has 10 nitrogen and oxygen atoms in total. The van der Waals surface area contributed by atoms with Gasteiger partial charge >= 0.3 is 11.9 Å². The summed E-state index contributed by atoms with van der Waals surface area (Å²) in [5.41, 5.74) is 2.46. The number of ketones is 1. The molecule has 0 aliphatic carbocycles. The highest BCUT2D eigenvalue weighted by Crippen LogP contribution is 2.46. The van der Waals surface area contributed by atoms with Crippen molar-refractivity contribution in [1.82, 2.24) is 4.98 Å². The van der Waals surface area contributed by atoms with Gasteiger partial charge in [0.2, 0.25) is 0 Å². The van der Waals surface area contributed by atoms with Crippen molar-refractivity contribution in [1.29, 1.82) is 0 Å². The largest absolute Gasteiger partial charge is 0.507 e. The number of Topliss-reactive ketones (excluding diaryl/α,β-unsaturated/α-hetero) is 1. The Labute approximate surface area is 264 Å². The number of hydrogen-bond acceptors (Lipinski definition) is 10. The summed E-state index contributed by atoms with van der Waals surface area (Å²) >= 11 is 0.911. The number of aromatic nitrogens is 1. The van der Waals surface area contributed by atoms with Crippen molar-refractivity contribution in [2.24, 2.45) is 0 Å². The third kappa shape index (κ3) is 6.25. The normalized spacial score (nSPS) is 15.7. The standard InChI is InChI=1S/C34H32N2O8S/c1-5-42-26-17-22(12-15-25(26)37)28-27(30(39)32(40)36(28)34-35-20(4)31(45-34)33(41)43-6-2)29(38)24-14-13-23(16-19(24)3)44-18-21-10-8-7-9-11-21/h7-17,28,37-38H,5-6,18H2,1-4H3/b29-27+/t28-/m1/s1. The number of hydrogen-bond donors (Lipinski definition) is 2. The smallest absolute Gasteiger partial charge is 0.350 e. The lowest BCUT2D eigenvalue weighted by Gasteiger charge is -2.24. The average molecular weight is 629 g/mol. The van der Waals surface area contributed by atoms with Crippen LogP contribution in [0.1, 0.15) is 57.5 Å². The van der Waals surface area contributed by atoms with Crippen LogP contribution in [0.25, 0.3) is 5.76 Å². The van der Waals surface area contributed by atoms with Gasteiger partial charge in [-0.1, -0.05) is 47.7 Å². The molecule has 1 fully saturated rings. The molecule has 1 atom stereocenters. The van der Waals surface area contributed by atoms with Crippen LogP contribution in [0.2, 0.25) is 0 Å². The summed E-state index contributed by atoms with van der Waals surface area (Å²) in [6.45, 7) is 7.56. The van der Waals surface area contributed by atoms with Gasteiger partial charge in [-0.05, 0) is 74.7 Å². The Morgan fingerprint density at radius 3 is 2.42 bits per heavy atom. The van der Waals surface area contributed by atoms with Gasteiger partial charge in [-0.3, -0.25) is 14.5 Å². The lowest BCUT2D eigenvalue weighted by molar-refractivity contribution is -0.132. The van der Waals surface area contributed by atoms with Crippen molar-refractivity contribution in [3.8, 4) is 17.2 Å². The number of rotatable bonds is 10. The number of nitrogens with zero attached hydrogens (tertiary/aromatic N) is 2. The molecule has 0 radical (unpaired) electrons. The molecular formula is C34H32N2O8S. The van der Waals surface area contributed by atoms with Gasteiger partial charge in [0.15, 0.2) is 16.6 Å². The van der Waals surface area contributed by atoms with Gasteiger partial charge < -0.3 is 24.4 Å². The van der Waals surface area contributed by atoms with E-state index in [4.69, 9.17) is 14.2 Å². The van der Waals surface area contributed by atoms with Gasteiger partial charge in [0.05, 0.1) is 30.5 Å². The number of amides is 1. The third-order valence-corrected chi connectivity index (χ3v) is 8.33. The highest BCUT2D eigenvalue weighted by molar-refractivity contribution is 7.17. The minimum Gasteiger partial charge on any atom is -0.507 e. The van der Waals surface area contributed by atoms with Gasteiger partial charge in [-0.15, -0.1) is 0 Å². The minimum absolute atomic E-state index is 0.0779. The molecule has 1 amide bonds. The molecule has 1 aliphatic heterocycles. The minimum atomic E-state index is -1.15. The molecule has 1 aliphatic rings. The number of ether oxygens (including phenoxy) is 3. The summed E-state index contributed by atoms with van der Waals surface area (Å²) in [7, 11) is 0. The van der Waals surface area contributed by atoms with Crippen molar-refractivity contribution >= 4 is 39.9 Å². The Balaban J connectivity index is 1.61. The molecule has 0 spiro atoms. The summed E-state index contributed by atoms with van der Waals surface area (Å²) in [4.78, 5) is 45.7. The number of anilines is 1. The molecule has 0 bridgehead atoms. The zero-order valence-electron chi connectivity index (χ0n) is 25.2. The molecule has 11 heteroatoms. The highest BCUT2D eigenvalue weighted by Gasteiger charge is 2.48. The first-order valence-corrected chi connectivity index (χ1v) is 15.1. The van der Waals surface area contributed by atoms with Crippen molar-refractivity contribution in [2.75, 3.05) is 18.1 Å². The molecule has 2 heterocycles. The quantitative estimate of drug-likeness (QED) is 0.0905. The maximum atomic E-state index is 13.7. The zero-order valence-corrected chi connectivity index (χ0v) is 26.0. The number of esters is 1. The van der Waals surface area contributed by atoms with Gasteiger partial charge in [-0.2, -0.15) is 0 Å². The van der Waals surface area contributed by atoms with Crippen LogP contribution >= 0.6 is 11.3 Å². The molecular weight excluding hydrogens is 596 g/mol. The van der Waals surface area contributed by atoms with Crippen LogP contribution in [0, 0.1) is 13.8 Å². The number of aromatic hydroxyl groups is 1. The highest BCUT2D eigenvalue weighted by atomic mass is 32.1. The Hall–Kier alpha value is -5.16. The first-order valence-electron chi connectivity index (χ1n) is 14.3. The average Bonchev–Trinajstić information content (AvgIpc) is 3.53. The number of phenolic OH excluding ortho intramolecular Hbond substituents is 1. The van der Waals surface area contributed by atoms with Crippen LogP contribution < -0.4 is 14.4 Å². The van der Waals surface area contributed by atoms with Gasteiger partial charge in [-0.25, -0.2) is 9.78 Å². The topological polar surface area (TPSA) is 135 Å². The van der Waals surface area contributed by atoms with E-state index in [0.29, 0.717) is 34.7 Å². The lowest BCUT2D eigenvalue weighted by Crippen LogP contribution is -2.29. The van der Waals surface area contributed by atoms with Crippen LogP contribution in [0.15, 0.2) is 72.3 Å². The number of carbonyl (C=O) groups excluding carboxylic acids is 3.